The third-order valence-electron chi connectivity index (χ3n) is 2.47. The summed E-state index contributed by atoms with van der Waals surface area (Å²) in [4.78, 5) is 24.4. The molecule has 0 atom stereocenters. The van der Waals surface area contributed by atoms with E-state index in [-0.39, 0.29) is 11.8 Å². The Kier molecular flexibility index (Phi) is 10.3. The van der Waals surface area contributed by atoms with Gasteiger partial charge in [0.15, 0.2) is 0 Å². The molecule has 0 aliphatic rings. The number of amides is 2. The van der Waals surface area contributed by atoms with Gasteiger partial charge in [-0.05, 0) is 6.42 Å². The lowest BCUT2D eigenvalue weighted by Crippen LogP contribution is -2.36. The molecule has 1 N–H and O–H groups in total. The summed E-state index contributed by atoms with van der Waals surface area (Å²) < 4.78 is 9.79. The van der Waals surface area contributed by atoms with Crippen LogP contribution in [0.2, 0.25) is 0 Å². The fourth-order valence-electron chi connectivity index (χ4n) is 1.40. The largest absolute Gasteiger partial charge is 0.385 e. The van der Waals surface area contributed by atoms with Crippen molar-refractivity contribution >= 4 is 11.8 Å². The van der Waals surface area contributed by atoms with E-state index < -0.39 is 0 Å². The maximum absolute atomic E-state index is 11.5. The Morgan fingerprint density at radius 3 is 2.33 bits per heavy atom. The first-order valence-electron chi connectivity index (χ1n) is 6.12. The Morgan fingerprint density at radius 1 is 1.11 bits per heavy atom. The lowest BCUT2D eigenvalue weighted by Gasteiger charge is -2.20. The predicted octanol–water partition coefficient (Wildman–Crippen LogP) is 0.0241. The molecule has 106 valence electrons. The minimum atomic E-state index is -0.0465. The molecule has 6 nitrogen and oxygen atoms in total. The number of carbonyl (C=O) groups excluding carboxylic acids is 2. The highest BCUT2D eigenvalue weighted by atomic mass is 16.5. The van der Waals surface area contributed by atoms with Crippen LogP contribution < -0.4 is 5.32 Å². The molecule has 0 aromatic heterocycles. The second-order valence-corrected chi connectivity index (χ2v) is 3.95. The third-order valence-corrected chi connectivity index (χ3v) is 2.47. The van der Waals surface area contributed by atoms with Gasteiger partial charge in [-0.3, -0.25) is 9.59 Å². The molecule has 0 fully saturated rings. The minimum absolute atomic E-state index is 0.0424. The molecule has 0 heterocycles. The van der Waals surface area contributed by atoms with Crippen LogP contribution in [0.3, 0.4) is 0 Å². The van der Waals surface area contributed by atoms with Crippen molar-refractivity contribution in [3.05, 3.63) is 0 Å². The molecule has 0 aliphatic heterocycles. The van der Waals surface area contributed by atoms with E-state index in [1.54, 1.807) is 19.1 Å². The van der Waals surface area contributed by atoms with Crippen molar-refractivity contribution in [1.82, 2.24) is 10.2 Å². The summed E-state index contributed by atoms with van der Waals surface area (Å²) in [7, 11) is 3.21. The Labute approximate surface area is 109 Å². The highest BCUT2D eigenvalue weighted by molar-refractivity contribution is 5.77. The summed E-state index contributed by atoms with van der Waals surface area (Å²) in [5.41, 5.74) is 0. The Morgan fingerprint density at radius 2 is 1.78 bits per heavy atom. The summed E-state index contributed by atoms with van der Waals surface area (Å²) in [5.74, 6) is -0.0889. The topological polar surface area (TPSA) is 67.9 Å². The minimum Gasteiger partial charge on any atom is -0.385 e. The average Bonchev–Trinajstić information content (AvgIpc) is 2.34. The van der Waals surface area contributed by atoms with E-state index in [0.717, 1.165) is 6.42 Å². The molecule has 6 heteroatoms. The van der Waals surface area contributed by atoms with Crippen LogP contribution in [0.5, 0.6) is 0 Å². The predicted molar refractivity (Wildman–Crippen MR) is 68.2 cm³/mol. The van der Waals surface area contributed by atoms with Crippen LogP contribution in [0.25, 0.3) is 0 Å². The van der Waals surface area contributed by atoms with E-state index in [9.17, 15) is 9.59 Å². The molecule has 0 bridgehead atoms. The molecule has 0 spiro atoms. The van der Waals surface area contributed by atoms with E-state index in [0.29, 0.717) is 39.3 Å². The van der Waals surface area contributed by atoms with E-state index in [1.807, 2.05) is 0 Å². The second-order valence-electron chi connectivity index (χ2n) is 3.95. The molecule has 0 saturated carbocycles. The first-order chi connectivity index (χ1) is 8.61. The fraction of sp³-hybridized carbons (Fsp3) is 0.833. The number of carbonyl (C=O) groups is 2. The van der Waals surface area contributed by atoms with Crippen molar-refractivity contribution in [2.24, 2.45) is 0 Å². The fourth-order valence-corrected chi connectivity index (χ4v) is 1.40. The van der Waals surface area contributed by atoms with Crippen LogP contribution in [-0.2, 0) is 19.1 Å². The number of nitrogens with zero attached hydrogens (tertiary/aromatic N) is 1. The van der Waals surface area contributed by atoms with E-state index in [4.69, 9.17) is 9.47 Å². The summed E-state index contributed by atoms with van der Waals surface area (Å²) in [6.07, 6.45) is 1.11. The highest BCUT2D eigenvalue weighted by Crippen LogP contribution is 1.93. The summed E-state index contributed by atoms with van der Waals surface area (Å²) in [6, 6.07) is 0. The van der Waals surface area contributed by atoms with Gasteiger partial charge in [0.05, 0.1) is 6.61 Å². The van der Waals surface area contributed by atoms with Crippen LogP contribution in [0.4, 0.5) is 0 Å². The Bertz CT molecular complexity index is 246. The monoisotopic (exact) mass is 260 g/mol. The number of hydrogen-bond donors (Lipinski definition) is 1. The van der Waals surface area contributed by atoms with Crippen LogP contribution in [0.1, 0.15) is 19.8 Å². The molecule has 18 heavy (non-hydrogen) atoms. The molecule has 0 radical (unpaired) electrons. The lowest BCUT2D eigenvalue weighted by atomic mass is 10.3. The van der Waals surface area contributed by atoms with Gasteiger partial charge in [0.1, 0.15) is 0 Å². The van der Waals surface area contributed by atoms with Gasteiger partial charge < -0.3 is 19.7 Å². The van der Waals surface area contributed by atoms with E-state index >= 15 is 0 Å². The van der Waals surface area contributed by atoms with Gasteiger partial charge in [0.2, 0.25) is 11.8 Å². The SMILES string of the molecule is COCCCNC(=O)CCN(CCOC)C(C)=O. The van der Waals surface area contributed by atoms with Crippen molar-refractivity contribution in [2.75, 3.05) is 47.1 Å². The van der Waals surface area contributed by atoms with Gasteiger partial charge in [-0.1, -0.05) is 0 Å². The zero-order valence-electron chi connectivity index (χ0n) is 11.5. The van der Waals surface area contributed by atoms with Gasteiger partial charge in [0, 0.05) is 53.8 Å². The Hall–Kier alpha value is -1.14. The first-order valence-corrected chi connectivity index (χ1v) is 6.12. The van der Waals surface area contributed by atoms with Crippen molar-refractivity contribution < 1.29 is 19.1 Å². The van der Waals surface area contributed by atoms with Gasteiger partial charge in [-0.2, -0.15) is 0 Å². The highest BCUT2D eigenvalue weighted by Gasteiger charge is 2.10. The normalized spacial score (nSPS) is 10.2. The summed E-state index contributed by atoms with van der Waals surface area (Å²) in [6.45, 7) is 4.15. The van der Waals surface area contributed by atoms with Crippen LogP contribution in [0.15, 0.2) is 0 Å². The number of rotatable bonds is 10. The van der Waals surface area contributed by atoms with E-state index in [1.165, 1.54) is 6.92 Å². The molecule has 0 aromatic carbocycles. The molecule has 0 saturated heterocycles. The number of nitrogens with one attached hydrogen (secondary N) is 1. The van der Waals surface area contributed by atoms with E-state index in [2.05, 4.69) is 5.32 Å². The quantitative estimate of drug-likeness (QED) is 0.562. The van der Waals surface area contributed by atoms with Crippen molar-refractivity contribution in [2.45, 2.75) is 19.8 Å². The Balaban J connectivity index is 3.74. The lowest BCUT2D eigenvalue weighted by molar-refractivity contribution is -0.130. The maximum Gasteiger partial charge on any atom is 0.221 e. The molecule has 2 amide bonds. The summed E-state index contributed by atoms with van der Waals surface area (Å²) in [5, 5.41) is 2.78. The smallest absolute Gasteiger partial charge is 0.221 e. The standard InChI is InChI=1S/C12H24N2O4/c1-11(15)14(8-10-18-3)7-5-12(16)13-6-4-9-17-2/h4-10H2,1-3H3,(H,13,16). The molecule has 0 rings (SSSR count). The van der Waals surface area contributed by atoms with Gasteiger partial charge in [0.25, 0.3) is 0 Å². The third kappa shape index (κ3) is 8.95. The van der Waals surface area contributed by atoms with Gasteiger partial charge in [-0.15, -0.1) is 0 Å². The van der Waals surface area contributed by atoms with Crippen LogP contribution in [0, 0.1) is 0 Å². The second kappa shape index (κ2) is 11.0. The molecular formula is C12H24N2O4. The average molecular weight is 260 g/mol. The molecule has 0 aliphatic carbocycles. The first kappa shape index (κ1) is 16.9. The van der Waals surface area contributed by atoms with Crippen LogP contribution >= 0.6 is 0 Å². The van der Waals surface area contributed by atoms with Gasteiger partial charge in [-0.25, -0.2) is 0 Å². The number of hydrogen-bond acceptors (Lipinski definition) is 4. The van der Waals surface area contributed by atoms with Crippen molar-refractivity contribution in [3.8, 4) is 0 Å². The van der Waals surface area contributed by atoms with Crippen molar-refractivity contribution in [3.63, 3.8) is 0 Å². The van der Waals surface area contributed by atoms with Gasteiger partial charge >= 0.3 is 0 Å². The molecule has 0 aromatic rings. The number of methoxy groups -OCH3 is 2. The zero-order valence-corrected chi connectivity index (χ0v) is 11.5. The molecule has 0 unspecified atom stereocenters. The number of ether oxygens (including phenoxy) is 2. The zero-order chi connectivity index (χ0) is 13.8. The summed E-state index contributed by atoms with van der Waals surface area (Å²) >= 11 is 0. The molecular weight excluding hydrogens is 236 g/mol. The van der Waals surface area contributed by atoms with Crippen LogP contribution in [-0.4, -0.2) is 63.8 Å². The maximum atomic E-state index is 11.5. The van der Waals surface area contributed by atoms with Crippen molar-refractivity contribution in [1.29, 1.82) is 0 Å².